The summed E-state index contributed by atoms with van der Waals surface area (Å²) < 4.78 is 0. The first-order valence-electron chi connectivity index (χ1n) is 6.78. The first kappa shape index (κ1) is 14.2. The highest BCUT2D eigenvalue weighted by atomic mass is 16.1. The fraction of sp³-hybridized carbons (Fsp3) is 0.400. The molecule has 20 heavy (non-hydrogen) atoms. The normalized spacial score (nSPS) is 12.4. The van der Waals surface area contributed by atoms with Gasteiger partial charge in [0.1, 0.15) is 0 Å². The number of rotatable bonds is 5. The summed E-state index contributed by atoms with van der Waals surface area (Å²) in [6, 6.07) is 7.58. The van der Waals surface area contributed by atoms with Crippen LogP contribution in [0.2, 0.25) is 0 Å². The number of carbonyl (C=O) groups excluding carboxylic acids is 1. The average molecular weight is 272 g/mol. The van der Waals surface area contributed by atoms with E-state index in [2.05, 4.69) is 29.4 Å². The minimum atomic E-state index is -0.0560. The number of aromatic nitrogens is 3. The molecule has 1 aromatic heterocycles. The molecule has 0 aliphatic rings. The van der Waals surface area contributed by atoms with Crippen molar-refractivity contribution in [2.45, 2.75) is 33.4 Å². The number of benzene rings is 1. The summed E-state index contributed by atoms with van der Waals surface area (Å²) in [6.07, 6.45) is 3.28. The number of amides is 1. The summed E-state index contributed by atoms with van der Waals surface area (Å²) in [5, 5.41) is 11.2. The quantitative estimate of drug-likeness (QED) is 0.906. The Bertz CT molecular complexity index is 563. The minimum absolute atomic E-state index is 0.00425. The lowest BCUT2D eigenvalue weighted by atomic mass is 10.0. The molecule has 0 bridgehead atoms. The van der Waals surface area contributed by atoms with E-state index in [0.717, 1.165) is 5.56 Å². The Hall–Kier alpha value is -2.17. The van der Waals surface area contributed by atoms with Gasteiger partial charge in [0.15, 0.2) is 0 Å². The monoisotopic (exact) mass is 272 g/mol. The Morgan fingerprint density at radius 1 is 1.30 bits per heavy atom. The van der Waals surface area contributed by atoms with Gasteiger partial charge in [0, 0.05) is 5.56 Å². The second-order valence-electron chi connectivity index (χ2n) is 5.28. The average Bonchev–Trinajstić information content (AvgIpc) is 2.90. The molecule has 0 saturated heterocycles. The van der Waals surface area contributed by atoms with Crippen LogP contribution in [0.15, 0.2) is 36.7 Å². The number of carbonyl (C=O) groups is 1. The van der Waals surface area contributed by atoms with Crippen molar-refractivity contribution in [1.82, 2.24) is 20.3 Å². The fourth-order valence-corrected chi connectivity index (χ4v) is 1.97. The molecule has 5 heteroatoms. The van der Waals surface area contributed by atoms with Crippen molar-refractivity contribution >= 4 is 5.91 Å². The van der Waals surface area contributed by atoms with Gasteiger partial charge in [-0.25, -0.2) is 0 Å². The molecule has 2 aromatic rings. The molecule has 1 amide bonds. The van der Waals surface area contributed by atoms with Gasteiger partial charge in [0.25, 0.3) is 5.91 Å². The summed E-state index contributed by atoms with van der Waals surface area (Å²) in [5.41, 5.74) is 1.76. The van der Waals surface area contributed by atoms with Crippen LogP contribution in [0.25, 0.3) is 0 Å². The molecule has 0 aliphatic heterocycles. The zero-order valence-electron chi connectivity index (χ0n) is 12.1. The van der Waals surface area contributed by atoms with E-state index in [4.69, 9.17) is 0 Å². The van der Waals surface area contributed by atoms with Crippen LogP contribution in [0.4, 0.5) is 0 Å². The van der Waals surface area contributed by atoms with Crippen LogP contribution in [0.5, 0.6) is 0 Å². The van der Waals surface area contributed by atoms with Crippen molar-refractivity contribution in [2.24, 2.45) is 5.92 Å². The van der Waals surface area contributed by atoms with Crippen molar-refractivity contribution in [2.75, 3.05) is 0 Å². The molecule has 1 N–H and O–H groups in total. The Kier molecular flexibility index (Phi) is 4.50. The highest BCUT2D eigenvalue weighted by Crippen LogP contribution is 2.08. The van der Waals surface area contributed by atoms with Crippen LogP contribution in [-0.2, 0) is 6.54 Å². The first-order valence-corrected chi connectivity index (χ1v) is 6.78. The van der Waals surface area contributed by atoms with E-state index in [1.165, 1.54) is 0 Å². The Labute approximate surface area is 119 Å². The topological polar surface area (TPSA) is 59.8 Å². The summed E-state index contributed by atoms with van der Waals surface area (Å²) in [4.78, 5) is 13.9. The number of nitrogens with zero attached hydrogens (tertiary/aromatic N) is 3. The predicted octanol–water partition coefficient (Wildman–Crippen LogP) is 2.04. The Morgan fingerprint density at radius 3 is 2.60 bits per heavy atom. The van der Waals surface area contributed by atoms with Crippen LogP contribution in [0.3, 0.4) is 0 Å². The molecule has 2 rings (SSSR count). The zero-order valence-corrected chi connectivity index (χ0v) is 12.1. The third kappa shape index (κ3) is 3.66. The largest absolute Gasteiger partial charge is 0.347 e. The fourth-order valence-electron chi connectivity index (χ4n) is 1.97. The maximum Gasteiger partial charge on any atom is 0.251 e. The molecular formula is C15H20N4O. The van der Waals surface area contributed by atoms with Gasteiger partial charge in [-0.3, -0.25) is 4.79 Å². The van der Waals surface area contributed by atoms with E-state index in [1.54, 1.807) is 17.2 Å². The van der Waals surface area contributed by atoms with Crippen LogP contribution >= 0.6 is 0 Å². The van der Waals surface area contributed by atoms with Gasteiger partial charge in [0.05, 0.1) is 25.0 Å². The van der Waals surface area contributed by atoms with E-state index in [1.807, 2.05) is 31.2 Å². The second kappa shape index (κ2) is 6.32. The SMILES string of the molecule is Cc1cccc(C(=O)NC(Cn2nccn2)C(C)C)c1. The number of hydrogen-bond acceptors (Lipinski definition) is 3. The number of nitrogens with one attached hydrogen (secondary N) is 1. The third-order valence-electron chi connectivity index (χ3n) is 3.23. The zero-order chi connectivity index (χ0) is 14.5. The number of aryl methyl sites for hydroxylation is 1. The molecule has 1 aromatic carbocycles. The van der Waals surface area contributed by atoms with Crippen LogP contribution in [-0.4, -0.2) is 26.9 Å². The van der Waals surface area contributed by atoms with E-state index in [-0.39, 0.29) is 11.9 Å². The van der Waals surface area contributed by atoms with Gasteiger partial charge in [-0.1, -0.05) is 31.5 Å². The molecule has 1 atom stereocenters. The lowest BCUT2D eigenvalue weighted by Gasteiger charge is -2.22. The van der Waals surface area contributed by atoms with Crippen LogP contribution in [0.1, 0.15) is 29.8 Å². The molecule has 0 fully saturated rings. The van der Waals surface area contributed by atoms with Crippen molar-refractivity contribution in [1.29, 1.82) is 0 Å². The smallest absolute Gasteiger partial charge is 0.251 e. The second-order valence-corrected chi connectivity index (χ2v) is 5.28. The van der Waals surface area contributed by atoms with Gasteiger partial charge in [-0.15, -0.1) is 0 Å². The summed E-state index contributed by atoms with van der Waals surface area (Å²) in [6.45, 7) is 6.70. The van der Waals surface area contributed by atoms with Gasteiger partial charge in [0.2, 0.25) is 0 Å². The molecule has 5 nitrogen and oxygen atoms in total. The molecular weight excluding hydrogens is 252 g/mol. The lowest BCUT2D eigenvalue weighted by molar-refractivity contribution is 0.0917. The minimum Gasteiger partial charge on any atom is -0.347 e. The van der Waals surface area contributed by atoms with Gasteiger partial charge < -0.3 is 5.32 Å². The maximum atomic E-state index is 12.3. The summed E-state index contributed by atoms with van der Waals surface area (Å²) in [7, 11) is 0. The predicted molar refractivity (Wildman–Crippen MR) is 77.3 cm³/mol. The first-order chi connectivity index (χ1) is 9.56. The van der Waals surface area contributed by atoms with Gasteiger partial charge >= 0.3 is 0 Å². The maximum absolute atomic E-state index is 12.3. The number of hydrogen-bond donors (Lipinski definition) is 1. The van der Waals surface area contributed by atoms with Crippen molar-refractivity contribution in [3.63, 3.8) is 0 Å². The molecule has 0 aliphatic carbocycles. The Balaban J connectivity index is 2.06. The van der Waals surface area contributed by atoms with Crippen LogP contribution < -0.4 is 5.32 Å². The lowest BCUT2D eigenvalue weighted by Crippen LogP contribution is -2.42. The highest BCUT2D eigenvalue weighted by molar-refractivity contribution is 5.94. The van der Waals surface area contributed by atoms with Crippen molar-refractivity contribution < 1.29 is 4.79 Å². The van der Waals surface area contributed by atoms with E-state index >= 15 is 0 Å². The van der Waals surface area contributed by atoms with E-state index < -0.39 is 0 Å². The molecule has 0 saturated carbocycles. The van der Waals surface area contributed by atoms with Gasteiger partial charge in [-0.2, -0.15) is 15.0 Å². The van der Waals surface area contributed by atoms with Crippen molar-refractivity contribution in [3.05, 3.63) is 47.8 Å². The summed E-state index contributed by atoms with van der Waals surface area (Å²) >= 11 is 0. The van der Waals surface area contributed by atoms with Crippen LogP contribution in [0, 0.1) is 12.8 Å². The standard InChI is InChI=1S/C15H20N4O/c1-11(2)14(10-19-16-7-8-17-19)18-15(20)13-6-4-5-12(3)9-13/h4-9,11,14H,10H2,1-3H3,(H,18,20). The molecule has 0 spiro atoms. The molecule has 1 unspecified atom stereocenters. The molecule has 0 radical (unpaired) electrons. The van der Waals surface area contributed by atoms with Gasteiger partial charge in [-0.05, 0) is 25.0 Å². The molecule has 1 heterocycles. The third-order valence-corrected chi connectivity index (χ3v) is 3.23. The Morgan fingerprint density at radius 2 is 2.00 bits per heavy atom. The molecule has 106 valence electrons. The van der Waals surface area contributed by atoms with E-state index in [9.17, 15) is 4.79 Å². The highest BCUT2D eigenvalue weighted by Gasteiger charge is 2.18. The van der Waals surface area contributed by atoms with Crippen molar-refractivity contribution in [3.8, 4) is 0 Å². The van der Waals surface area contributed by atoms with E-state index in [0.29, 0.717) is 18.0 Å². The summed E-state index contributed by atoms with van der Waals surface area (Å²) in [5.74, 6) is 0.245.